The van der Waals surface area contributed by atoms with Crippen molar-refractivity contribution in [3.63, 3.8) is 0 Å². The van der Waals surface area contributed by atoms with E-state index in [4.69, 9.17) is 9.72 Å². The van der Waals surface area contributed by atoms with E-state index in [1.807, 2.05) is 61.7 Å². The van der Waals surface area contributed by atoms with E-state index in [-0.39, 0.29) is 6.03 Å². The third-order valence-electron chi connectivity index (χ3n) is 6.20. The Morgan fingerprint density at radius 3 is 2.46 bits per heavy atom. The number of nitrogens with zero attached hydrogens (tertiary/aromatic N) is 2. The molecule has 0 atom stereocenters. The van der Waals surface area contributed by atoms with Crippen LogP contribution in [0, 0.1) is 6.92 Å². The lowest BCUT2D eigenvalue weighted by Crippen LogP contribution is -2.35. The van der Waals surface area contributed by atoms with Crippen LogP contribution >= 0.6 is 12.6 Å². The van der Waals surface area contributed by atoms with Crippen LogP contribution in [-0.2, 0) is 11.3 Å². The minimum Gasteiger partial charge on any atom is -0.379 e. The van der Waals surface area contributed by atoms with Crippen molar-refractivity contribution in [3.05, 3.63) is 84.2 Å². The average Bonchev–Trinajstić information content (AvgIpc) is 2.87. The van der Waals surface area contributed by atoms with Crippen molar-refractivity contribution in [2.45, 2.75) is 18.4 Å². The lowest BCUT2D eigenvalue weighted by Gasteiger charge is -2.26. The van der Waals surface area contributed by atoms with Crippen LogP contribution in [0.3, 0.4) is 0 Å². The van der Waals surface area contributed by atoms with E-state index in [0.29, 0.717) is 5.69 Å². The van der Waals surface area contributed by atoms with Gasteiger partial charge < -0.3 is 15.4 Å². The van der Waals surface area contributed by atoms with Crippen LogP contribution in [0.25, 0.3) is 21.9 Å². The average molecular weight is 485 g/mol. The van der Waals surface area contributed by atoms with Gasteiger partial charge in [0.15, 0.2) is 0 Å². The molecule has 2 N–H and O–H groups in total. The maximum absolute atomic E-state index is 12.7. The summed E-state index contributed by atoms with van der Waals surface area (Å²) < 4.78 is 5.43. The van der Waals surface area contributed by atoms with E-state index in [1.54, 1.807) is 0 Å². The number of pyridine rings is 1. The molecule has 4 aromatic rings. The second-order valence-electron chi connectivity index (χ2n) is 8.73. The molecule has 2 amide bonds. The number of fused-ring (bicyclic) bond motifs is 1. The van der Waals surface area contributed by atoms with E-state index in [2.05, 4.69) is 46.4 Å². The van der Waals surface area contributed by atoms with E-state index in [9.17, 15) is 4.79 Å². The number of ether oxygens (including phenoxy) is 1. The van der Waals surface area contributed by atoms with Crippen molar-refractivity contribution in [3.8, 4) is 11.1 Å². The molecule has 1 aliphatic rings. The Balaban J connectivity index is 1.36. The van der Waals surface area contributed by atoms with E-state index >= 15 is 0 Å². The van der Waals surface area contributed by atoms with Gasteiger partial charge in [0.25, 0.3) is 0 Å². The number of urea groups is 1. The first-order chi connectivity index (χ1) is 17.1. The number of rotatable bonds is 5. The summed E-state index contributed by atoms with van der Waals surface area (Å²) in [6.07, 6.45) is 1.93. The van der Waals surface area contributed by atoms with Crippen LogP contribution < -0.4 is 10.6 Å². The maximum atomic E-state index is 12.7. The first kappa shape index (κ1) is 23.4. The van der Waals surface area contributed by atoms with Crippen LogP contribution in [0.15, 0.2) is 77.8 Å². The summed E-state index contributed by atoms with van der Waals surface area (Å²) >= 11 is 4.47. The fourth-order valence-electron chi connectivity index (χ4n) is 4.35. The Bertz CT molecular complexity index is 1350. The van der Waals surface area contributed by atoms with Crippen LogP contribution in [0.2, 0.25) is 0 Å². The van der Waals surface area contributed by atoms with E-state index in [0.717, 1.165) is 76.6 Å². The fraction of sp³-hybridized carbons (Fsp3) is 0.214. The third-order valence-corrected chi connectivity index (χ3v) is 6.57. The highest BCUT2D eigenvalue weighted by Crippen LogP contribution is 2.33. The molecule has 0 saturated carbocycles. The van der Waals surface area contributed by atoms with Crippen molar-refractivity contribution >= 4 is 40.8 Å². The number of aromatic nitrogens is 1. The van der Waals surface area contributed by atoms with Crippen LogP contribution in [0.4, 0.5) is 16.2 Å². The second kappa shape index (κ2) is 10.5. The first-order valence-corrected chi connectivity index (χ1v) is 12.2. The van der Waals surface area contributed by atoms with Crippen molar-refractivity contribution in [1.29, 1.82) is 0 Å². The SMILES string of the molecule is Cc1ccc(NC(=O)Nc2ccc(-c3ccc(CN4CCOCC4)nc3)c3ccccc23)c(S)c1. The minimum absolute atomic E-state index is 0.309. The molecule has 178 valence electrons. The number of nitrogens with one attached hydrogen (secondary N) is 2. The molecule has 1 fully saturated rings. The van der Waals surface area contributed by atoms with Gasteiger partial charge in [0, 0.05) is 41.7 Å². The molecule has 0 radical (unpaired) electrons. The molecule has 0 bridgehead atoms. The molecule has 35 heavy (non-hydrogen) atoms. The predicted octanol–water partition coefficient (Wildman–Crippen LogP) is 5.98. The van der Waals surface area contributed by atoms with E-state index < -0.39 is 0 Å². The monoisotopic (exact) mass is 484 g/mol. The molecule has 1 saturated heterocycles. The fourth-order valence-corrected chi connectivity index (χ4v) is 4.68. The number of hydrogen-bond acceptors (Lipinski definition) is 5. The van der Waals surface area contributed by atoms with Crippen molar-refractivity contribution in [2.24, 2.45) is 0 Å². The van der Waals surface area contributed by atoms with Gasteiger partial charge in [-0.1, -0.05) is 42.5 Å². The Labute approximate surface area is 210 Å². The van der Waals surface area contributed by atoms with Gasteiger partial charge >= 0.3 is 6.03 Å². The highest BCUT2D eigenvalue weighted by molar-refractivity contribution is 7.80. The molecular formula is C28H28N4O2S. The van der Waals surface area contributed by atoms with Crippen LogP contribution in [-0.4, -0.2) is 42.2 Å². The standard InChI is InChI=1S/C28H28N4O2S/c1-19-6-10-26(27(35)16-19)31-28(33)30-25-11-9-22(23-4-2-3-5-24(23)25)20-7-8-21(29-17-20)18-32-12-14-34-15-13-32/h2-11,16-17,35H,12-15,18H2,1H3,(H2,30,31,33). The van der Waals surface area contributed by atoms with E-state index in [1.165, 1.54) is 0 Å². The second-order valence-corrected chi connectivity index (χ2v) is 9.21. The lowest BCUT2D eigenvalue weighted by atomic mass is 9.98. The van der Waals surface area contributed by atoms with Gasteiger partial charge in [0.1, 0.15) is 0 Å². The van der Waals surface area contributed by atoms with Gasteiger partial charge in [-0.15, -0.1) is 12.6 Å². The molecule has 1 aliphatic heterocycles. The summed E-state index contributed by atoms with van der Waals surface area (Å²) in [5, 5.41) is 7.90. The minimum atomic E-state index is -0.309. The molecule has 5 rings (SSSR count). The molecule has 0 unspecified atom stereocenters. The number of morpholine rings is 1. The van der Waals surface area contributed by atoms with Crippen molar-refractivity contribution in [1.82, 2.24) is 9.88 Å². The van der Waals surface area contributed by atoms with Crippen LogP contribution in [0.1, 0.15) is 11.3 Å². The quantitative estimate of drug-likeness (QED) is 0.305. The summed E-state index contributed by atoms with van der Waals surface area (Å²) in [7, 11) is 0. The number of carbonyl (C=O) groups excluding carboxylic acids is 1. The molecule has 7 heteroatoms. The molecule has 0 aliphatic carbocycles. The zero-order valence-corrected chi connectivity index (χ0v) is 20.5. The Hall–Kier alpha value is -3.39. The lowest BCUT2D eigenvalue weighted by molar-refractivity contribution is 0.0336. The smallest absolute Gasteiger partial charge is 0.323 e. The highest BCUT2D eigenvalue weighted by Gasteiger charge is 2.13. The summed E-state index contributed by atoms with van der Waals surface area (Å²) in [6, 6.07) is 21.7. The number of hydrogen-bond donors (Lipinski definition) is 3. The summed E-state index contributed by atoms with van der Waals surface area (Å²) in [5.41, 5.74) is 5.67. The Morgan fingerprint density at radius 1 is 0.971 bits per heavy atom. The zero-order valence-electron chi connectivity index (χ0n) is 19.6. The number of aryl methyl sites for hydroxylation is 1. The first-order valence-electron chi connectivity index (χ1n) is 11.7. The summed E-state index contributed by atoms with van der Waals surface area (Å²) in [6.45, 7) is 6.26. The third kappa shape index (κ3) is 5.48. The largest absolute Gasteiger partial charge is 0.379 e. The molecule has 1 aromatic heterocycles. The van der Waals surface area contributed by atoms with Gasteiger partial charge in [0.05, 0.1) is 30.3 Å². The molecule has 0 spiro atoms. The Kier molecular flexibility index (Phi) is 6.99. The summed E-state index contributed by atoms with van der Waals surface area (Å²) in [4.78, 5) is 20.5. The summed E-state index contributed by atoms with van der Waals surface area (Å²) in [5.74, 6) is 0. The maximum Gasteiger partial charge on any atom is 0.323 e. The zero-order chi connectivity index (χ0) is 24.2. The van der Waals surface area contributed by atoms with Gasteiger partial charge in [-0.25, -0.2) is 4.79 Å². The number of amides is 2. The molecule has 6 nitrogen and oxygen atoms in total. The Morgan fingerprint density at radius 2 is 1.71 bits per heavy atom. The van der Waals surface area contributed by atoms with Crippen LogP contribution in [0.5, 0.6) is 0 Å². The van der Waals surface area contributed by atoms with Crippen molar-refractivity contribution < 1.29 is 9.53 Å². The van der Waals surface area contributed by atoms with Gasteiger partial charge in [-0.05, 0) is 47.7 Å². The number of anilines is 2. The highest BCUT2D eigenvalue weighted by atomic mass is 32.1. The normalized spacial score (nSPS) is 14.1. The van der Waals surface area contributed by atoms with Gasteiger partial charge in [-0.2, -0.15) is 0 Å². The van der Waals surface area contributed by atoms with Crippen molar-refractivity contribution in [2.75, 3.05) is 36.9 Å². The molecular weight excluding hydrogens is 456 g/mol. The molecule has 2 heterocycles. The number of carbonyl (C=O) groups is 1. The predicted molar refractivity (Wildman–Crippen MR) is 144 cm³/mol. The topological polar surface area (TPSA) is 66.5 Å². The van der Waals surface area contributed by atoms with Gasteiger partial charge in [0.2, 0.25) is 0 Å². The number of thiol groups is 1. The number of benzene rings is 3. The molecule has 3 aromatic carbocycles. The van der Waals surface area contributed by atoms with Gasteiger partial charge in [-0.3, -0.25) is 9.88 Å².